The summed E-state index contributed by atoms with van der Waals surface area (Å²) in [5, 5.41) is 0. The average molecular weight is 191 g/mol. The van der Waals surface area contributed by atoms with Crippen LogP contribution in [0, 0.1) is 5.82 Å². The van der Waals surface area contributed by atoms with Crippen LogP contribution in [0.15, 0.2) is 24.3 Å². The highest BCUT2D eigenvalue weighted by Gasteiger charge is 2.09. The van der Waals surface area contributed by atoms with Gasteiger partial charge in [0.1, 0.15) is 5.82 Å². The smallest absolute Gasteiger partial charge is 0.127 e. The summed E-state index contributed by atoms with van der Waals surface area (Å²) in [6, 6.07) is 5.22. The summed E-state index contributed by atoms with van der Waals surface area (Å²) in [4.78, 5) is 0. The molecule has 0 aromatic heterocycles. The Balaban J connectivity index is 2.35. The van der Waals surface area contributed by atoms with Crippen molar-refractivity contribution in [3.05, 3.63) is 41.2 Å². The molecule has 0 amide bonds. The molecule has 1 aliphatic carbocycles. The molecule has 2 N–H and O–H groups in total. The van der Waals surface area contributed by atoms with Crippen LogP contribution in [0.2, 0.25) is 0 Å². The van der Waals surface area contributed by atoms with Gasteiger partial charge in [-0.1, -0.05) is 12.1 Å². The molecule has 1 aliphatic rings. The Morgan fingerprint density at radius 3 is 2.86 bits per heavy atom. The lowest BCUT2D eigenvalue weighted by atomic mass is 10.0. The molecule has 2 heteroatoms. The molecule has 0 bridgehead atoms. The second kappa shape index (κ2) is 3.93. The van der Waals surface area contributed by atoms with Crippen molar-refractivity contribution in [3.8, 4) is 0 Å². The number of halogens is 1. The molecule has 74 valence electrons. The van der Waals surface area contributed by atoms with Crippen molar-refractivity contribution in [2.75, 3.05) is 0 Å². The predicted molar refractivity (Wildman–Crippen MR) is 56.1 cm³/mol. The maximum Gasteiger partial charge on any atom is 0.127 e. The predicted octanol–water partition coefficient (Wildman–Crippen LogP) is 2.85. The van der Waals surface area contributed by atoms with Gasteiger partial charge >= 0.3 is 0 Å². The van der Waals surface area contributed by atoms with Crippen LogP contribution in [0.1, 0.15) is 30.4 Å². The van der Waals surface area contributed by atoms with E-state index < -0.39 is 0 Å². The molecule has 0 unspecified atom stereocenters. The Hall–Kier alpha value is -1.15. The summed E-state index contributed by atoms with van der Waals surface area (Å²) >= 11 is 0. The Morgan fingerprint density at radius 1 is 1.36 bits per heavy atom. The molecule has 0 saturated carbocycles. The normalized spacial score (nSPS) is 15.7. The van der Waals surface area contributed by atoms with E-state index in [-0.39, 0.29) is 12.4 Å². The van der Waals surface area contributed by atoms with E-state index in [2.05, 4.69) is 6.08 Å². The summed E-state index contributed by atoms with van der Waals surface area (Å²) in [5.74, 6) is -0.199. The highest BCUT2D eigenvalue weighted by Crippen LogP contribution is 2.28. The first-order valence-corrected chi connectivity index (χ1v) is 4.99. The molecule has 1 aromatic carbocycles. The second-order valence-electron chi connectivity index (χ2n) is 3.63. The zero-order chi connectivity index (χ0) is 9.97. The third-order valence-corrected chi connectivity index (χ3v) is 2.68. The van der Waals surface area contributed by atoms with Crippen LogP contribution in [-0.4, -0.2) is 0 Å². The van der Waals surface area contributed by atoms with Gasteiger partial charge in [-0.2, -0.15) is 0 Å². The maximum absolute atomic E-state index is 13.2. The number of hydrogen-bond donors (Lipinski definition) is 1. The minimum Gasteiger partial charge on any atom is -0.326 e. The highest BCUT2D eigenvalue weighted by atomic mass is 19.1. The maximum atomic E-state index is 13.2. The second-order valence-corrected chi connectivity index (χ2v) is 3.63. The molecule has 0 radical (unpaired) electrons. The largest absolute Gasteiger partial charge is 0.326 e. The summed E-state index contributed by atoms with van der Waals surface area (Å²) in [7, 11) is 0. The third-order valence-electron chi connectivity index (χ3n) is 2.68. The van der Waals surface area contributed by atoms with Crippen LogP contribution in [0.5, 0.6) is 0 Å². The van der Waals surface area contributed by atoms with Crippen LogP contribution in [0.3, 0.4) is 0 Å². The lowest BCUT2D eigenvalue weighted by Gasteiger charge is -2.05. The lowest BCUT2D eigenvalue weighted by Crippen LogP contribution is -2.00. The fraction of sp³-hybridized carbons (Fsp3) is 0.333. The van der Waals surface area contributed by atoms with Gasteiger partial charge in [-0.15, -0.1) is 0 Å². The van der Waals surface area contributed by atoms with Crippen LogP contribution in [0.25, 0.3) is 5.57 Å². The quantitative estimate of drug-likeness (QED) is 0.764. The number of benzene rings is 1. The number of allylic oxidation sites excluding steroid dienone is 2. The van der Waals surface area contributed by atoms with E-state index in [9.17, 15) is 4.39 Å². The van der Waals surface area contributed by atoms with E-state index in [0.717, 1.165) is 18.4 Å². The van der Waals surface area contributed by atoms with Crippen LogP contribution in [-0.2, 0) is 6.54 Å². The first-order chi connectivity index (χ1) is 6.81. The zero-order valence-corrected chi connectivity index (χ0v) is 8.09. The monoisotopic (exact) mass is 191 g/mol. The van der Waals surface area contributed by atoms with Gasteiger partial charge in [0.25, 0.3) is 0 Å². The van der Waals surface area contributed by atoms with Crippen LogP contribution >= 0.6 is 0 Å². The topological polar surface area (TPSA) is 26.0 Å². The minimum atomic E-state index is -0.199. The van der Waals surface area contributed by atoms with Crippen molar-refractivity contribution in [3.63, 3.8) is 0 Å². The molecule has 0 saturated heterocycles. The summed E-state index contributed by atoms with van der Waals surface area (Å²) in [6.07, 6.45) is 5.69. The van der Waals surface area contributed by atoms with Crippen molar-refractivity contribution in [1.29, 1.82) is 0 Å². The van der Waals surface area contributed by atoms with E-state index >= 15 is 0 Å². The lowest BCUT2D eigenvalue weighted by molar-refractivity contribution is 0.610. The molecule has 1 aromatic rings. The van der Waals surface area contributed by atoms with Crippen molar-refractivity contribution in [1.82, 2.24) is 0 Å². The van der Waals surface area contributed by atoms with Gasteiger partial charge in [-0.05, 0) is 42.5 Å². The van der Waals surface area contributed by atoms with E-state index in [4.69, 9.17) is 5.73 Å². The highest BCUT2D eigenvalue weighted by molar-refractivity contribution is 5.67. The van der Waals surface area contributed by atoms with Gasteiger partial charge in [-0.25, -0.2) is 4.39 Å². The summed E-state index contributed by atoms with van der Waals surface area (Å²) in [5.41, 5.74) is 8.53. The van der Waals surface area contributed by atoms with Gasteiger partial charge in [0, 0.05) is 12.1 Å². The Morgan fingerprint density at radius 2 is 2.21 bits per heavy atom. The molecular weight excluding hydrogens is 177 g/mol. The molecule has 0 fully saturated rings. The number of hydrogen-bond acceptors (Lipinski definition) is 1. The van der Waals surface area contributed by atoms with E-state index in [1.165, 1.54) is 18.1 Å². The minimum absolute atomic E-state index is 0.199. The molecule has 1 nitrogen and oxygen atoms in total. The van der Waals surface area contributed by atoms with Gasteiger partial charge in [0.05, 0.1) is 0 Å². The summed E-state index contributed by atoms with van der Waals surface area (Å²) < 4.78 is 13.2. The molecular formula is C12H14FN. The van der Waals surface area contributed by atoms with E-state index in [0.29, 0.717) is 5.56 Å². The fourth-order valence-electron chi connectivity index (χ4n) is 1.86. The Kier molecular flexibility index (Phi) is 2.64. The molecule has 0 spiro atoms. The molecule has 0 atom stereocenters. The summed E-state index contributed by atoms with van der Waals surface area (Å²) in [6.45, 7) is 0.271. The van der Waals surface area contributed by atoms with Crippen molar-refractivity contribution >= 4 is 5.57 Å². The van der Waals surface area contributed by atoms with Gasteiger partial charge in [0.2, 0.25) is 0 Å². The molecule has 2 rings (SSSR count). The fourth-order valence-corrected chi connectivity index (χ4v) is 1.86. The SMILES string of the molecule is NCc1cc(C2=CCCC2)ccc1F. The molecule has 14 heavy (non-hydrogen) atoms. The number of nitrogens with two attached hydrogens (primary N) is 1. The Labute approximate surface area is 83.4 Å². The van der Waals surface area contributed by atoms with Crippen molar-refractivity contribution in [2.24, 2.45) is 5.73 Å². The van der Waals surface area contributed by atoms with Crippen molar-refractivity contribution < 1.29 is 4.39 Å². The van der Waals surface area contributed by atoms with Crippen LogP contribution in [0.4, 0.5) is 4.39 Å². The molecule has 0 aliphatic heterocycles. The first kappa shape index (κ1) is 9.41. The van der Waals surface area contributed by atoms with Gasteiger partial charge in [-0.3, -0.25) is 0 Å². The average Bonchev–Trinajstić information content (AvgIpc) is 2.71. The third kappa shape index (κ3) is 1.70. The van der Waals surface area contributed by atoms with Crippen molar-refractivity contribution in [2.45, 2.75) is 25.8 Å². The molecule has 0 heterocycles. The van der Waals surface area contributed by atoms with Crippen LogP contribution < -0.4 is 5.73 Å². The Bertz CT molecular complexity index is 369. The number of rotatable bonds is 2. The first-order valence-electron chi connectivity index (χ1n) is 4.99. The van der Waals surface area contributed by atoms with E-state index in [1.807, 2.05) is 12.1 Å². The standard InChI is InChI=1S/C12H14FN/c13-12-6-5-10(7-11(12)8-14)9-3-1-2-4-9/h3,5-7H,1-2,4,8,14H2. The zero-order valence-electron chi connectivity index (χ0n) is 8.09. The van der Waals surface area contributed by atoms with E-state index in [1.54, 1.807) is 0 Å². The van der Waals surface area contributed by atoms with Gasteiger partial charge < -0.3 is 5.73 Å². The van der Waals surface area contributed by atoms with Gasteiger partial charge in [0.15, 0.2) is 0 Å².